The number of piperazine rings is 1. The zero-order chi connectivity index (χ0) is 19.7. The van der Waals surface area contributed by atoms with Gasteiger partial charge in [-0.05, 0) is 68.0 Å². The van der Waals surface area contributed by atoms with Crippen LogP contribution in [0.15, 0.2) is 24.3 Å². The van der Waals surface area contributed by atoms with Crippen molar-refractivity contribution in [1.82, 2.24) is 9.88 Å². The maximum atomic E-state index is 12.8. The van der Waals surface area contributed by atoms with E-state index in [-0.39, 0.29) is 6.03 Å². The third kappa shape index (κ3) is 3.77. The Morgan fingerprint density at radius 1 is 1.04 bits per heavy atom. The van der Waals surface area contributed by atoms with Crippen molar-refractivity contribution in [3.8, 4) is 5.88 Å². The fourth-order valence-electron chi connectivity index (χ4n) is 4.19. The van der Waals surface area contributed by atoms with Gasteiger partial charge in [-0.3, -0.25) is 0 Å². The smallest absolute Gasteiger partial charge is 0.322 e. The van der Waals surface area contributed by atoms with Crippen LogP contribution >= 0.6 is 0 Å². The summed E-state index contributed by atoms with van der Waals surface area (Å²) in [6.45, 7) is 7.29. The van der Waals surface area contributed by atoms with Crippen LogP contribution in [-0.4, -0.2) is 49.2 Å². The number of carbonyl (C=O) groups excluding carboxylic acids is 1. The molecule has 0 radical (unpaired) electrons. The van der Waals surface area contributed by atoms with Gasteiger partial charge in [-0.15, -0.1) is 0 Å². The number of benzene rings is 1. The fourth-order valence-corrected chi connectivity index (χ4v) is 4.19. The lowest BCUT2D eigenvalue weighted by atomic mass is 10.1. The standard InChI is InChI=1S/C22H28N4O2/c1-15-11-16(2)13-18(12-15)25-7-9-26(10-8-25)22(27)24-20-14-17-5-4-6-19(17)23-21(20)28-3/h11-14H,4-10H2,1-3H3,(H,24,27). The maximum Gasteiger partial charge on any atom is 0.322 e. The SMILES string of the molecule is COc1nc2c(cc1NC(=O)N1CCN(c3cc(C)cc(C)c3)CC1)CCC2. The van der Waals surface area contributed by atoms with E-state index in [1.165, 1.54) is 22.4 Å². The number of rotatable bonds is 3. The number of methoxy groups -OCH3 is 1. The number of amides is 2. The number of aromatic nitrogens is 1. The molecule has 1 N–H and O–H groups in total. The third-order valence-electron chi connectivity index (χ3n) is 5.59. The van der Waals surface area contributed by atoms with E-state index < -0.39 is 0 Å². The third-order valence-corrected chi connectivity index (χ3v) is 5.59. The van der Waals surface area contributed by atoms with Gasteiger partial charge >= 0.3 is 6.03 Å². The highest BCUT2D eigenvalue weighted by Gasteiger charge is 2.24. The molecule has 2 amide bonds. The highest BCUT2D eigenvalue weighted by atomic mass is 16.5. The van der Waals surface area contributed by atoms with Crippen LogP contribution in [0.3, 0.4) is 0 Å². The first kappa shape index (κ1) is 18.6. The number of fused-ring (bicyclic) bond motifs is 1. The van der Waals surface area contributed by atoms with Crippen LogP contribution in [0.25, 0.3) is 0 Å². The number of pyridine rings is 1. The Hall–Kier alpha value is -2.76. The quantitative estimate of drug-likeness (QED) is 0.885. The van der Waals surface area contributed by atoms with Gasteiger partial charge in [0.1, 0.15) is 5.69 Å². The van der Waals surface area contributed by atoms with Gasteiger partial charge in [0.05, 0.1) is 7.11 Å². The fraction of sp³-hybridized carbons (Fsp3) is 0.455. The van der Waals surface area contributed by atoms with E-state index in [9.17, 15) is 4.79 Å². The highest BCUT2D eigenvalue weighted by molar-refractivity contribution is 5.91. The van der Waals surface area contributed by atoms with Gasteiger partial charge in [0.25, 0.3) is 0 Å². The minimum Gasteiger partial charge on any atom is -0.480 e. The van der Waals surface area contributed by atoms with Gasteiger partial charge < -0.3 is 19.9 Å². The second kappa shape index (κ2) is 7.70. The molecular weight excluding hydrogens is 352 g/mol. The molecule has 1 aliphatic carbocycles. The molecule has 0 atom stereocenters. The van der Waals surface area contributed by atoms with Crippen molar-refractivity contribution in [3.05, 3.63) is 46.6 Å². The number of hydrogen-bond donors (Lipinski definition) is 1. The van der Waals surface area contributed by atoms with Crippen molar-refractivity contribution in [2.45, 2.75) is 33.1 Å². The largest absolute Gasteiger partial charge is 0.480 e. The summed E-state index contributed by atoms with van der Waals surface area (Å²) >= 11 is 0. The second-order valence-electron chi connectivity index (χ2n) is 7.75. The van der Waals surface area contributed by atoms with E-state index >= 15 is 0 Å². The Bertz CT molecular complexity index is 868. The molecule has 6 heteroatoms. The number of urea groups is 1. The van der Waals surface area contributed by atoms with Gasteiger partial charge in [0.15, 0.2) is 0 Å². The summed E-state index contributed by atoms with van der Waals surface area (Å²) in [6.07, 6.45) is 3.12. The molecule has 0 bridgehead atoms. The van der Waals surface area contributed by atoms with Crippen LogP contribution in [0.2, 0.25) is 0 Å². The summed E-state index contributed by atoms with van der Waals surface area (Å²) in [4.78, 5) is 21.6. The zero-order valence-corrected chi connectivity index (χ0v) is 16.9. The molecule has 1 fully saturated rings. The number of nitrogens with one attached hydrogen (secondary N) is 1. The number of carbonyl (C=O) groups is 1. The van der Waals surface area contributed by atoms with E-state index in [1.807, 2.05) is 11.0 Å². The minimum atomic E-state index is -0.0851. The molecule has 1 aromatic carbocycles. The Labute approximate surface area is 166 Å². The van der Waals surface area contributed by atoms with Crippen molar-refractivity contribution in [2.24, 2.45) is 0 Å². The molecule has 1 aromatic heterocycles. The van der Waals surface area contributed by atoms with Crippen LogP contribution in [0, 0.1) is 13.8 Å². The average molecular weight is 380 g/mol. The zero-order valence-electron chi connectivity index (χ0n) is 16.9. The van der Waals surface area contributed by atoms with E-state index in [1.54, 1.807) is 7.11 Å². The molecule has 0 spiro atoms. The van der Waals surface area contributed by atoms with Gasteiger partial charge in [-0.1, -0.05) is 6.07 Å². The van der Waals surface area contributed by atoms with Crippen LogP contribution in [0.4, 0.5) is 16.2 Å². The van der Waals surface area contributed by atoms with Crippen molar-refractivity contribution in [2.75, 3.05) is 43.5 Å². The van der Waals surface area contributed by atoms with Crippen molar-refractivity contribution >= 4 is 17.4 Å². The summed E-state index contributed by atoms with van der Waals surface area (Å²) in [5, 5.41) is 3.01. The number of anilines is 2. The molecule has 0 unspecified atom stereocenters. The molecule has 4 rings (SSSR count). The van der Waals surface area contributed by atoms with E-state index in [0.717, 1.165) is 38.0 Å². The summed E-state index contributed by atoms with van der Waals surface area (Å²) in [7, 11) is 1.60. The van der Waals surface area contributed by atoms with E-state index in [2.05, 4.69) is 47.2 Å². The summed E-state index contributed by atoms with van der Waals surface area (Å²) in [6, 6.07) is 8.55. The predicted octanol–water partition coefficient (Wildman–Crippen LogP) is 3.55. The first-order valence-electron chi connectivity index (χ1n) is 9.99. The second-order valence-corrected chi connectivity index (χ2v) is 7.75. The number of hydrogen-bond acceptors (Lipinski definition) is 4. The predicted molar refractivity (Wildman–Crippen MR) is 112 cm³/mol. The Balaban J connectivity index is 1.41. The molecule has 2 heterocycles. The molecule has 1 saturated heterocycles. The Kier molecular flexibility index (Phi) is 5.11. The molecule has 2 aliphatic rings. The number of aryl methyl sites for hydroxylation is 4. The normalized spacial score (nSPS) is 16.1. The lowest BCUT2D eigenvalue weighted by molar-refractivity contribution is 0.208. The van der Waals surface area contributed by atoms with Crippen molar-refractivity contribution < 1.29 is 9.53 Å². The molecule has 148 valence electrons. The molecule has 28 heavy (non-hydrogen) atoms. The summed E-state index contributed by atoms with van der Waals surface area (Å²) in [5.74, 6) is 0.503. The summed E-state index contributed by atoms with van der Waals surface area (Å²) < 4.78 is 5.40. The van der Waals surface area contributed by atoms with Gasteiger partial charge in [0, 0.05) is 37.6 Å². The Morgan fingerprint density at radius 2 is 1.75 bits per heavy atom. The Morgan fingerprint density at radius 3 is 2.43 bits per heavy atom. The molecule has 1 aliphatic heterocycles. The van der Waals surface area contributed by atoms with Crippen LogP contribution in [0.5, 0.6) is 5.88 Å². The lowest BCUT2D eigenvalue weighted by Gasteiger charge is -2.36. The van der Waals surface area contributed by atoms with Crippen LogP contribution < -0.4 is 15.0 Å². The van der Waals surface area contributed by atoms with E-state index in [0.29, 0.717) is 24.7 Å². The first-order valence-corrected chi connectivity index (χ1v) is 9.99. The van der Waals surface area contributed by atoms with Crippen molar-refractivity contribution in [1.29, 1.82) is 0 Å². The maximum absolute atomic E-state index is 12.8. The monoisotopic (exact) mass is 380 g/mol. The first-order chi connectivity index (χ1) is 13.5. The number of ether oxygens (including phenoxy) is 1. The number of nitrogens with zero attached hydrogens (tertiary/aromatic N) is 3. The molecule has 0 saturated carbocycles. The molecular formula is C22H28N4O2. The average Bonchev–Trinajstić information content (AvgIpc) is 3.14. The lowest BCUT2D eigenvalue weighted by Crippen LogP contribution is -2.50. The van der Waals surface area contributed by atoms with Crippen molar-refractivity contribution in [3.63, 3.8) is 0 Å². The van der Waals surface area contributed by atoms with Crippen LogP contribution in [0.1, 0.15) is 28.8 Å². The van der Waals surface area contributed by atoms with Crippen LogP contribution in [-0.2, 0) is 12.8 Å². The topological polar surface area (TPSA) is 57.7 Å². The minimum absolute atomic E-state index is 0.0851. The highest BCUT2D eigenvalue weighted by Crippen LogP contribution is 2.30. The summed E-state index contributed by atoms with van der Waals surface area (Å²) in [5.41, 5.74) is 6.76. The molecule has 6 nitrogen and oxygen atoms in total. The van der Waals surface area contributed by atoms with Gasteiger partial charge in [-0.2, -0.15) is 0 Å². The van der Waals surface area contributed by atoms with Gasteiger partial charge in [0.2, 0.25) is 5.88 Å². The molecule has 2 aromatic rings. The van der Waals surface area contributed by atoms with Gasteiger partial charge in [-0.25, -0.2) is 9.78 Å². The van der Waals surface area contributed by atoms with E-state index in [4.69, 9.17) is 4.74 Å².